The van der Waals surface area contributed by atoms with Gasteiger partial charge in [-0.3, -0.25) is 14.4 Å². The monoisotopic (exact) mass is 402 g/mol. The quantitative estimate of drug-likeness (QED) is 0.799. The zero-order chi connectivity index (χ0) is 17.5. The Morgan fingerprint density at radius 2 is 1.83 bits per heavy atom. The fraction of sp³-hybridized carbons (Fsp3) is 0.308. The molecule has 0 unspecified atom stereocenters. The first-order valence-electron chi connectivity index (χ1n) is 6.41. The van der Waals surface area contributed by atoms with Crippen LogP contribution in [0.15, 0.2) is 19.4 Å². The standard InChI is InChI=1S/C13H15BrN4O4S/c1-16(2)13(22)10-9(19)6(5-23-10)15-8-7(14)11(20)17(3)18(4)12(8)21/h5,15,19H,1-4H3. The molecule has 124 valence electrons. The molecule has 0 saturated carbocycles. The average Bonchev–Trinajstić information content (AvgIpc) is 2.87. The van der Waals surface area contributed by atoms with Crippen molar-refractivity contribution in [3.05, 3.63) is 35.4 Å². The van der Waals surface area contributed by atoms with Gasteiger partial charge in [-0.25, -0.2) is 9.36 Å². The fourth-order valence-corrected chi connectivity index (χ4v) is 3.25. The lowest BCUT2D eigenvalue weighted by Crippen LogP contribution is -2.36. The summed E-state index contributed by atoms with van der Waals surface area (Å²) in [6.07, 6.45) is 0. The van der Waals surface area contributed by atoms with Gasteiger partial charge >= 0.3 is 0 Å². The van der Waals surface area contributed by atoms with Crippen LogP contribution < -0.4 is 16.4 Å². The molecule has 0 aromatic carbocycles. The van der Waals surface area contributed by atoms with Crippen molar-refractivity contribution in [2.75, 3.05) is 19.4 Å². The number of rotatable bonds is 3. The molecule has 8 nitrogen and oxygen atoms in total. The van der Waals surface area contributed by atoms with Crippen LogP contribution in [0.2, 0.25) is 0 Å². The number of nitrogens with zero attached hydrogens (tertiary/aromatic N) is 3. The van der Waals surface area contributed by atoms with E-state index in [-0.39, 0.29) is 32.4 Å². The number of aromatic hydroxyl groups is 1. The lowest BCUT2D eigenvalue weighted by atomic mass is 10.3. The molecular weight excluding hydrogens is 388 g/mol. The van der Waals surface area contributed by atoms with Crippen LogP contribution in [-0.2, 0) is 14.1 Å². The van der Waals surface area contributed by atoms with Gasteiger partial charge in [-0.2, -0.15) is 0 Å². The highest BCUT2D eigenvalue weighted by Gasteiger charge is 2.21. The maximum absolute atomic E-state index is 12.3. The lowest BCUT2D eigenvalue weighted by Gasteiger charge is -2.12. The predicted molar refractivity (Wildman–Crippen MR) is 91.9 cm³/mol. The van der Waals surface area contributed by atoms with Crippen molar-refractivity contribution in [1.29, 1.82) is 0 Å². The number of anilines is 2. The second kappa shape index (κ2) is 6.20. The molecule has 2 aromatic heterocycles. The molecular formula is C13H15BrN4O4S. The number of carbonyl (C=O) groups is 1. The molecule has 10 heteroatoms. The normalized spacial score (nSPS) is 10.7. The third kappa shape index (κ3) is 2.91. The Hall–Kier alpha value is -2.07. The van der Waals surface area contributed by atoms with Gasteiger partial charge < -0.3 is 15.3 Å². The predicted octanol–water partition coefficient (Wildman–Crippen LogP) is 1.06. The number of halogens is 1. The zero-order valence-electron chi connectivity index (χ0n) is 12.9. The van der Waals surface area contributed by atoms with E-state index >= 15 is 0 Å². The summed E-state index contributed by atoms with van der Waals surface area (Å²) in [5, 5.41) is 14.4. The Kier molecular flexibility index (Phi) is 4.66. The van der Waals surface area contributed by atoms with Gasteiger partial charge in [0.05, 0.1) is 5.69 Å². The molecule has 0 radical (unpaired) electrons. The minimum absolute atomic E-state index is 0.00690. The van der Waals surface area contributed by atoms with Gasteiger partial charge in [0.25, 0.3) is 17.0 Å². The first-order valence-corrected chi connectivity index (χ1v) is 8.09. The van der Waals surface area contributed by atoms with E-state index in [0.717, 1.165) is 20.7 Å². The maximum Gasteiger partial charge on any atom is 0.289 e. The van der Waals surface area contributed by atoms with Crippen molar-refractivity contribution in [3.8, 4) is 5.75 Å². The Morgan fingerprint density at radius 3 is 2.39 bits per heavy atom. The Labute approximate surface area is 143 Å². The van der Waals surface area contributed by atoms with E-state index in [1.807, 2.05) is 0 Å². The summed E-state index contributed by atoms with van der Waals surface area (Å²) in [6, 6.07) is 0. The van der Waals surface area contributed by atoms with Crippen LogP contribution in [0.5, 0.6) is 5.75 Å². The third-order valence-corrected chi connectivity index (χ3v) is 4.98. The molecule has 0 aliphatic rings. The smallest absolute Gasteiger partial charge is 0.289 e. The largest absolute Gasteiger partial charge is 0.504 e. The summed E-state index contributed by atoms with van der Waals surface area (Å²) >= 11 is 4.14. The molecule has 0 aliphatic carbocycles. The SMILES string of the molecule is CN(C)C(=O)c1scc(Nc2c(Br)c(=O)n(C)n(C)c2=O)c1O. The summed E-state index contributed by atoms with van der Waals surface area (Å²) < 4.78 is 2.35. The van der Waals surface area contributed by atoms with Crippen LogP contribution in [0.4, 0.5) is 11.4 Å². The van der Waals surface area contributed by atoms with Gasteiger partial charge in [-0.05, 0) is 15.9 Å². The van der Waals surface area contributed by atoms with Crippen LogP contribution in [0, 0.1) is 0 Å². The zero-order valence-corrected chi connectivity index (χ0v) is 15.3. The third-order valence-electron chi connectivity index (χ3n) is 3.28. The molecule has 0 spiro atoms. The van der Waals surface area contributed by atoms with E-state index in [2.05, 4.69) is 21.2 Å². The summed E-state index contributed by atoms with van der Waals surface area (Å²) in [5.41, 5.74) is -0.683. The minimum atomic E-state index is -0.454. The summed E-state index contributed by atoms with van der Waals surface area (Å²) in [5.74, 6) is -0.611. The van der Waals surface area contributed by atoms with Crippen molar-refractivity contribution in [3.63, 3.8) is 0 Å². The van der Waals surface area contributed by atoms with Gasteiger partial charge in [-0.15, -0.1) is 11.3 Å². The van der Waals surface area contributed by atoms with Gasteiger partial charge in [-0.1, -0.05) is 0 Å². The first-order chi connectivity index (χ1) is 10.7. The molecule has 23 heavy (non-hydrogen) atoms. The van der Waals surface area contributed by atoms with Crippen molar-refractivity contribution in [2.24, 2.45) is 14.1 Å². The second-order valence-corrected chi connectivity index (χ2v) is 6.67. The number of amides is 1. The van der Waals surface area contributed by atoms with Crippen LogP contribution in [-0.4, -0.2) is 39.4 Å². The van der Waals surface area contributed by atoms with Gasteiger partial charge in [0.2, 0.25) is 0 Å². The molecule has 2 aromatic rings. The number of hydrogen-bond donors (Lipinski definition) is 2. The summed E-state index contributed by atoms with van der Waals surface area (Å²) in [7, 11) is 6.06. The maximum atomic E-state index is 12.3. The van der Waals surface area contributed by atoms with Crippen molar-refractivity contribution >= 4 is 44.5 Å². The molecule has 0 fully saturated rings. The lowest BCUT2D eigenvalue weighted by molar-refractivity contribution is 0.0829. The van der Waals surface area contributed by atoms with E-state index in [1.54, 1.807) is 14.1 Å². The average molecular weight is 403 g/mol. The van der Waals surface area contributed by atoms with Crippen molar-refractivity contribution < 1.29 is 9.90 Å². The molecule has 0 aliphatic heterocycles. The molecule has 2 rings (SSSR count). The number of aromatic nitrogens is 2. The summed E-state index contributed by atoms with van der Waals surface area (Å²) in [4.78, 5) is 37.7. The van der Waals surface area contributed by atoms with E-state index in [1.165, 1.54) is 24.4 Å². The number of nitrogens with one attached hydrogen (secondary N) is 1. The minimum Gasteiger partial charge on any atom is -0.504 e. The van der Waals surface area contributed by atoms with Crippen LogP contribution >= 0.6 is 27.3 Å². The second-order valence-electron chi connectivity index (χ2n) is 5.00. The fourth-order valence-electron chi connectivity index (χ4n) is 1.82. The number of carbonyl (C=O) groups excluding carboxylic acids is 1. The molecule has 0 atom stereocenters. The molecule has 0 saturated heterocycles. The van der Waals surface area contributed by atoms with E-state index < -0.39 is 11.1 Å². The topological polar surface area (TPSA) is 96.6 Å². The Balaban J connectivity index is 2.52. The van der Waals surface area contributed by atoms with Crippen LogP contribution in [0.3, 0.4) is 0 Å². The highest BCUT2D eigenvalue weighted by molar-refractivity contribution is 9.10. The molecule has 2 N–H and O–H groups in total. The number of thiophene rings is 1. The number of hydrogen-bond acceptors (Lipinski definition) is 6. The molecule has 2 heterocycles. The van der Waals surface area contributed by atoms with Crippen LogP contribution in [0.1, 0.15) is 9.67 Å². The van der Waals surface area contributed by atoms with E-state index in [4.69, 9.17) is 0 Å². The van der Waals surface area contributed by atoms with Crippen LogP contribution in [0.25, 0.3) is 0 Å². The van der Waals surface area contributed by atoms with Gasteiger partial charge in [0, 0.05) is 33.6 Å². The highest BCUT2D eigenvalue weighted by Crippen LogP contribution is 2.36. The molecule has 0 bridgehead atoms. The van der Waals surface area contributed by atoms with Crippen molar-refractivity contribution in [2.45, 2.75) is 0 Å². The Bertz CT molecular complexity index is 897. The van der Waals surface area contributed by atoms with E-state index in [9.17, 15) is 19.5 Å². The Morgan fingerprint density at radius 1 is 1.26 bits per heavy atom. The first kappa shape index (κ1) is 17.3. The van der Waals surface area contributed by atoms with Crippen molar-refractivity contribution in [1.82, 2.24) is 14.3 Å². The van der Waals surface area contributed by atoms with E-state index in [0.29, 0.717) is 0 Å². The summed E-state index contributed by atoms with van der Waals surface area (Å²) in [6.45, 7) is 0. The highest BCUT2D eigenvalue weighted by atomic mass is 79.9. The molecule has 1 amide bonds. The van der Waals surface area contributed by atoms with Gasteiger partial charge in [0.1, 0.15) is 15.0 Å². The van der Waals surface area contributed by atoms with Gasteiger partial charge in [0.15, 0.2) is 5.75 Å².